The summed E-state index contributed by atoms with van der Waals surface area (Å²) in [5.74, 6) is 0. The average molecular weight is 190 g/mol. The molecule has 0 aromatic rings. The summed E-state index contributed by atoms with van der Waals surface area (Å²) in [6, 6.07) is 0. The monoisotopic (exact) mass is 190 g/mol. The lowest BCUT2D eigenvalue weighted by Crippen LogP contribution is -2.29. The third-order valence-corrected chi connectivity index (χ3v) is 4.63. The maximum absolute atomic E-state index is 2.37. The standard InChI is InChI=1S/C12H24B2/c1-2-7-12(13-8-3-4-9-13)14-10-5-6-11-14/h12H,2-11H2,1H3. The molecular weight excluding hydrogens is 166 g/mol. The van der Waals surface area contributed by atoms with E-state index >= 15 is 0 Å². The zero-order chi connectivity index (χ0) is 9.80. The van der Waals surface area contributed by atoms with Crippen LogP contribution in [0.3, 0.4) is 0 Å². The second kappa shape index (κ2) is 5.28. The van der Waals surface area contributed by atoms with Crippen molar-refractivity contribution in [1.29, 1.82) is 0 Å². The summed E-state index contributed by atoms with van der Waals surface area (Å²) in [6.07, 6.45) is 15.3. The van der Waals surface area contributed by atoms with Gasteiger partial charge in [-0.05, 0) is 0 Å². The molecule has 14 heavy (non-hydrogen) atoms. The van der Waals surface area contributed by atoms with Crippen LogP contribution in [0, 0.1) is 0 Å². The number of hydrogen-bond acceptors (Lipinski definition) is 0. The minimum absolute atomic E-state index is 1.12. The van der Waals surface area contributed by atoms with Crippen LogP contribution in [0.25, 0.3) is 0 Å². The lowest BCUT2D eigenvalue weighted by atomic mass is 9.20. The normalized spacial score (nSPS) is 22.7. The Kier molecular flexibility index (Phi) is 4.01. The van der Waals surface area contributed by atoms with Crippen molar-refractivity contribution in [2.75, 3.05) is 0 Å². The van der Waals surface area contributed by atoms with Crippen LogP contribution in [-0.4, -0.2) is 13.4 Å². The van der Waals surface area contributed by atoms with Crippen LogP contribution in [0.1, 0.15) is 45.4 Å². The summed E-state index contributed by atoms with van der Waals surface area (Å²) in [5, 5.41) is 0. The van der Waals surface area contributed by atoms with E-state index in [-0.39, 0.29) is 0 Å². The van der Waals surface area contributed by atoms with E-state index in [1.807, 2.05) is 0 Å². The lowest BCUT2D eigenvalue weighted by molar-refractivity contribution is 0.823. The molecule has 0 aliphatic carbocycles. The molecule has 2 heterocycles. The molecule has 0 nitrogen and oxygen atoms in total. The van der Waals surface area contributed by atoms with Gasteiger partial charge in [0, 0.05) is 0 Å². The summed E-state index contributed by atoms with van der Waals surface area (Å²) in [5.41, 5.74) is 1.12. The third kappa shape index (κ3) is 2.38. The predicted molar refractivity (Wildman–Crippen MR) is 67.9 cm³/mol. The molecule has 0 atom stereocenters. The average Bonchev–Trinajstić information content (AvgIpc) is 2.87. The minimum atomic E-state index is 1.12. The summed E-state index contributed by atoms with van der Waals surface area (Å²) in [7, 11) is 0. The van der Waals surface area contributed by atoms with Gasteiger partial charge < -0.3 is 0 Å². The highest BCUT2D eigenvalue weighted by atomic mass is 14.1. The topological polar surface area (TPSA) is 0 Å². The van der Waals surface area contributed by atoms with Crippen molar-refractivity contribution in [2.45, 2.75) is 76.4 Å². The van der Waals surface area contributed by atoms with Gasteiger partial charge in [0.2, 0.25) is 0 Å². The molecule has 2 heteroatoms. The van der Waals surface area contributed by atoms with Crippen molar-refractivity contribution >= 4 is 13.4 Å². The Morgan fingerprint density at radius 3 is 1.64 bits per heavy atom. The van der Waals surface area contributed by atoms with E-state index in [1.54, 1.807) is 25.3 Å². The van der Waals surface area contributed by atoms with E-state index in [9.17, 15) is 0 Å². The molecule has 2 fully saturated rings. The van der Waals surface area contributed by atoms with Crippen molar-refractivity contribution in [2.24, 2.45) is 0 Å². The van der Waals surface area contributed by atoms with Gasteiger partial charge >= 0.3 is 0 Å². The molecule has 78 valence electrons. The molecule has 0 aromatic carbocycles. The van der Waals surface area contributed by atoms with Gasteiger partial charge in [-0.3, -0.25) is 0 Å². The van der Waals surface area contributed by atoms with Gasteiger partial charge in [-0.2, -0.15) is 0 Å². The summed E-state index contributed by atoms with van der Waals surface area (Å²) >= 11 is 0. The molecule has 0 saturated carbocycles. The van der Waals surface area contributed by atoms with Gasteiger partial charge in [0.15, 0.2) is 0 Å². The van der Waals surface area contributed by atoms with E-state index in [0.717, 1.165) is 19.1 Å². The van der Waals surface area contributed by atoms with Gasteiger partial charge in [0.1, 0.15) is 13.4 Å². The first-order valence-electron chi connectivity index (χ1n) is 6.92. The zero-order valence-electron chi connectivity index (χ0n) is 9.80. The molecule has 0 spiro atoms. The predicted octanol–water partition coefficient (Wildman–Crippen LogP) is 4.27. The first-order chi connectivity index (χ1) is 6.92. The highest BCUT2D eigenvalue weighted by Crippen LogP contribution is 2.39. The molecule has 2 saturated heterocycles. The Labute approximate surface area is 90.4 Å². The maximum Gasteiger partial charge on any atom is 0.135 e. The Balaban J connectivity index is 1.91. The van der Waals surface area contributed by atoms with Crippen LogP contribution in [0.15, 0.2) is 0 Å². The molecule has 0 N–H and O–H groups in total. The van der Waals surface area contributed by atoms with Crippen molar-refractivity contribution in [1.82, 2.24) is 0 Å². The fraction of sp³-hybridized carbons (Fsp3) is 1.00. The second-order valence-corrected chi connectivity index (χ2v) is 5.54. The quantitative estimate of drug-likeness (QED) is 0.580. The zero-order valence-corrected chi connectivity index (χ0v) is 9.80. The largest absolute Gasteiger partial charge is 0.135 e. The Morgan fingerprint density at radius 1 is 0.857 bits per heavy atom. The van der Waals surface area contributed by atoms with E-state index < -0.39 is 0 Å². The fourth-order valence-corrected chi connectivity index (χ4v) is 3.96. The van der Waals surface area contributed by atoms with E-state index in [4.69, 9.17) is 0 Å². The lowest BCUT2D eigenvalue weighted by Gasteiger charge is -2.24. The van der Waals surface area contributed by atoms with Crippen LogP contribution in [0.4, 0.5) is 0 Å². The molecule has 2 aliphatic rings. The molecule has 0 bridgehead atoms. The van der Waals surface area contributed by atoms with Gasteiger partial charge in [-0.15, -0.1) is 0 Å². The molecule has 0 radical (unpaired) electrons. The van der Waals surface area contributed by atoms with E-state index in [0.29, 0.717) is 0 Å². The van der Waals surface area contributed by atoms with Crippen LogP contribution in [0.2, 0.25) is 31.0 Å². The van der Waals surface area contributed by atoms with Gasteiger partial charge in [0.05, 0.1) is 0 Å². The second-order valence-electron chi connectivity index (χ2n) is 5.54. The van der Waals surface area contributed by atoms with Gasteiger partial charge in [-0.1, -0.05) is 76.4 Å². The van der Waals surface area contributed by atoms with Crippen LogP contribution in [0.5, 0.6) is 0 Å². The first-order valence-corrected chi connectivity index (χ1v) is 6.92. The van der Waals surface area contributed by atoms with E-state index in [1.165, 1.54) is 38.5 Å². The smallest absolute Gasteiger partial charge is 0.0828 e. The van der Waals surface area contributed by atoms with Crippen molar-refractivity contribution in [3.05, 3.63) is 0 Å². The molecule has 2 rings (SSSR count). The Morgan fingerprint density at radius 2 is 1.29 bits per heavy atom. The van der Waals surface area contributed by atoms with Crippen LogP contribution >= 0.6 is 0 Å². The number of hydrogen-bond donors (Lipinski definition) is 0. The summed E-state index contributed by atoms with van der Waals surface area (Å²) in [4.78, 5) is 0. The third-order valence-electron chi connectivity index (χ3n) is 4.63. The SMILES string of the molecule is CCCC(B1CCCC1)B1CCCC1. The molecule has 2 aliphatic heterocycles. The fourth-order valence-electron chi connectivity index (χ4n) is 3.96. The van der Waals surface area contributed by atoms with Crippen LogP contribution in [-0.2, 0) is 0 Å². The van der Waals surface area contributed by atoms with E-state index in [2.05, 4.69) is 6.92 Å². The highest BCUT2D eigenvalue weighted by Gasteiger charge is 2.36. The first kappa shape index (κ1) is 10.6. The molecule has 0 aromatic heterocycles. The maximum atomic E-state index is 2.37. The Hall–Kier alpha value is 0.130. The molecular formula is C12H24B2. The summed E-state index contributed by atoms with van der Waals surface area (Å²) < 4.78 is 0. The highest BCUT2D eigenvalue weighted by molar-refractivity contribution is 6.80. The van der Waals surface area contributed by atoms with Crippen molar-refractivity contribution < 1.29 is 0 Å². The molecule has 0 unspecified atom stereocenters. The minimum Gasteiger partial charge on any atom is -0.0828 e. The molecule has 0 amide bonds. The van der Waals surface area contributed by atoms with Gasteiger partial charge in [0.25, 0.3) is 0 Å². The Bertz CT molecular complexity index is 142. The van der Waals surface area contributed by atoms with Crippen LogP contribution < -0.4 is 0 Å². The van der Waals surface area contributed by atoms with Crippen molar-refractivity contribution in [3.8, 4) is 0 Å². The summed E-state index contributed by atoms with van der Waals surface area (Å²) in [6.45, 7) is 4.62. The van der Waals surface area contributed by atoms with Crippen molar-refractivity contribution in [3.63, 3.8) is 0 Å². The van der Waals surface area contributed by atoms with Gasteiger partial charge in [-0.25, -0.2) is 0 Å². The number of rotatable bonds is 4.